The third-order valence-electron chi connectivity index (χ3n) is 3.57. The van der Waals surface area contributed by atoms with Crippen molar-refractivity contribution in [2.75, 3.05) is 0 Å². The molecule has 3 rings (SSSR count). The Labute approximate surface area is 84.9 Å². The van der Waals surface area contributed by atoms with E-state index in [0.29, 0.717) is 12.0 Å². The highest BCUT2D eigenvalue weighted by atomic mass is 14.8. The summed E-state index contributed by atoms with van der Waals surface area (Å²) in [5, 5.41) is 0. The topological polar surface area (TPSA) is 12.4 Å². The molecule has 1 heterocycles. The van der Waals surface area contributed by atoms with Crippen LogP contribution in [0.2, 0.25) is 0 Å². The standard InChI is InChI=1S/C13H15N/c1-9-6-12-11-5-3-2-4-10(11)8-14-13(12)7-9/h2-5,8-9,12-13H,6-7H2,1H3. The molecule has 0 N–H and O–H groups in total. The molecule has 3 unspecified atom stereocenters. The molecule has 72 valence electrons. The molecule has 1 saturated carbocycles. The van der Waals surface area contributed by atoms with Crippen LogP contribution in [-0.2, 0) is 0 Å². The van der Waals surface area contributed by atoms with Crippen LogP contribution in [-0.4, -0.2) is 12.3 Å². The van der Waals surface area contributed by atoms with Gasteiger partial charge in [0.2, 0.25) is 0 Å². The first-order chi connectivity index (χ1) is 6.84. The zero-order valence-corrected chi connectivity index (χ0v) is 8.48. The Bertz CT molecular complexity index is 381. The van der Waals surface area contributed by atoms with Gasteiger partial charge in [0.1, 0.15) is 0 Å². The number of hydrogen-bond acceptors (Lipinski definition) is 1. The van der Waals surface area contributed by atoms with Gasteiger partial charge in [-0.2, -0.15) is 0 Å². The Hall–Kier alpha value is -1.11. The first-order valence-corrected chi connectivity index (χ1v) is 5.46. The van der Waals surface area contributed by atoms with Gasteiger partial charge in [0.15, 0.2) is 0 Å². The second-order valence-corrected chi connectivity index (χ2v) is 4.66. The number of fused-ring (bicyclic) bond motifs is 3. The highest BCUT2D eigenvalue weighted by Gasteiger charge is 2.35. The number of hydrogen-bond donors (Lipinski definition) is 0. The number of rotatable bonds is 0. The van der Waals surface area contributed by atoms with E-state index in [0.717, 1.165) is 5.92 Å². The molecule has 0 saturated heterocycles. The maximum atomic E-state index is 4.66. The summed E-state index contributed by atoms with van der Waals surface area (Å²) >= 11 is 0. The van der Waals surface area contributed by atoms with Crippen molar-refractivity contribution in [2.45, 2.75) is 31.7 Å². The van der Waals surface area contributed by atoms with E-state index >= 15 is 0 Å². The van der Waals surface area contributed by atoms with Crippen LogP contribution in [0.1, 0.15) is 36.8 Å². The molecule has 0 aromatic heterocycles. The van der Waals surface area contributed by atoms with Gasteiger partial charge in [0.05, 0.1) is 6.04 Å². The zero-order valence-electron chi connectivity index (χ0n) is 8.48. The second kappa shape index (κ2) is 2.94. The minimum absolute atomic E-state index is 0.569. The molecule has 0 radical (unpaired) electrons. The minimum atomic E-state index is 0.569. The molecule has 1 aromatic rings. The summed E-state index contributed by atoms with van der Waals surface area (Å²) in [5.41, 5.74) is 2.86. The summed E-state index contributed by atoms with van der Waals surface area (Å²) in [4.78, 5) is 4.66. The van der Waals surface area contributed by atoms with Gasteiger partial charge < -0.3 is 0 Å². The molecule has 1 heteroatoms. The Morgan fingerprint density at radius 1 is 1.21 bits per heavy atom. The molecule has 14 heavy (non-hydrogen) atoms. The van der Waals surface area contributed by atoms with Gasteiger partial charge >= 0.3 is 0 Å². The highest BCUT2D eigenvalue weighted by Crippen LogP contribution is 2.42. The van der Waals surface area contributed by atoms with Gasteiger partial charge in [-0.15, -0.1) is 0 Å². The average Bonchev–Trinajstić information content (AvgIpc) is 2.59. The van der Waals surface area contributed by atoms with Gasteiger partial charge in [-0.3, -0.25) is 4.99 Å². The van der Waals surface area contributed by atoms with Crippen molar-refractivity contribution < 1.29 is 0 Å². The van der Waals surface area contributed by atoms with E-state index in [2.05, 4.69) is 42.4 Å². The zero-order chi connectivity index (χ0) is 9.54. The van der Waals surface area contributed by atoms with E-state index in [4.69, 9.17) is 0 Å². The molecule has 3 atom stereocenters. The summed E-state index contributed by atoms with van der Waals surface area (Å²) < 4.78 is 0. The smallest absolute Gasteiger partial charge is 0.0571 e. The molecular weight excluding hydrogens is 170 g/mol. The first-order valence-electron chi connectivity index (χ1n) is 5.46. The first kappa shape index (κ1) is 8.22. The molecule has 0 amide bonds. The predicted molar refractivity (Wildman–Crippen MR) is 59.0 cm³/mol. The Morgan fingerprint density at radius 2 is 2.07 bits per heavy atom. The largest absolute Gasteiger partial charge is 0.289 e. The lowest BCUT2D eigenvalue weighted by Gasteiger charge is -2.22. The van der Waals surface area contributed by atoms with Crippen molar-refractivity contribution in [3.63, 3.8) is 0 Å². The molecule has 2 aliphatic rings. The highest BCUT2D eigenvalue weighted by molar-refractivity contribution is 5.83. The van der Waals surface area contributed by atoms with Crippen LogP contribution in [0, 0.1) is 5.92 Å². The van der Waals surface area contributed by atoms with Gasteiger partial charge in [-0.25, -0.2) is 0 Å². The van der Waals surface area contributed by atoms with Crippen LogP contribution in [0.15, 0.2) is 29.3 Å². The predicted octanol–water partition coefficient (Wildman–Crippen LogP) is 3.00. The SMILES string of the molecule is CC1CC2N=Cc3ccccc3C2C1. The third-order valence-corrected chi connectivity index (χ3v) is 3.57. The van der Waals surface area contributed by atoms with Crippen molar-refractivity contribution in [1.82, 2.24) is 0 Å². The fourth-order valence-electron chi connectivity index (χ4n) is 2.90. The van der Waals surface area contributed by atoms with Gasteiger partial charge in [-0.1, -0.05) is 31.2 Å². The average molecular weight is 185 g/mol. The lowest BCUT2D eigenvalue weighted by molar-refractivity contribution is 0.595. The quantitative estimate of drug-likeness (QED) is 0.589. The van der Waals surface area contributed by atoms with E-state index < -0.39 is 0 Å². The van der Waals surface area contributed by atoms with Crippen LogP contribution in [0.3, 0.4) is 0 Å². The number of nitrogens with zero attached hydrogens (tertiary/aromatic N) is 1. The second-order valence-electron chi connectivity index (χ2n) is 4.66. The Morgan fingerprint density at radius 3 is 3.00 bits per heavy atom. The maximum Gasteiger partial charge on any atom is 0.0571 e. The van der Waals surface area contributed by atoms with Crippen LogP contribution in [0.25, 0.3) is 0 Å². The van der Waals surface area contributed by atoms with Gasteiger partial charge in [0, 0.05) is 12.1 Å². The van der Waals surface area contributed by atoms with E-state index in [9.17, 15) is 0 Å². The molecule has 1 aliphatic carbocycles. The molecular formula is C13H15N. The van der Waals surface area contributed by atoms with Crippen LogP contribution < -0.4 is 0 Å². The lowest BCUT2D eigenvalue weighted by Crippen LogP contribution is -2.16. The van der Waals surface area contributed by atoms with Crippen molar-refractivity contribution >= 4 is 6.21 Å². The number of aliphatic imine (C=N–C) groups is 1. The molecule has 0 bridgehead atoms. The van der Waals surface area contributed by atoms with Crippen molar-refractivity contribution in [3.8, 4) is 0 Å². The summed E-state index contributed by atoms with van der Waals surface area (Å²) in [5.74, 6) is 1.54. The fourth-order valence-corrected chi connectivity index (χ4v) is 2.90. The van der Waals surface area contributed by atoms with Crippen LogP contribution >= 0.6 is 0 Å². The van der Waals surface area contributed by atoms with Crippen molar-refractivity contribution in [3.05, 3.63) is 35.4 Å². The summed E-state index contributed by atoms with van der Waals surface area (Å²) in [7, 11) is 0. The normalized spacial score (nSPS) is 33.9. The van der Waals surface area contributed by atoms with Crippen LogP contribution in [0.5, 0.6) is 0 Å². The monoisotopic (exact) mass is 185 g/mol. The molecule has 1 aromatic carbocycles. The van der Waals surface area contributed by atoms with E-state index in [1.165, 1.54) is 24.0 Å². The Balaban J connectivity index is 2.07. The summed E-state index contributed by atoms with van der Waals surface area (Å²) in [6.45, 7) is 2.34. The lowest BCUT2D eigenvalue weighted by atomic mass is 9.88. The van der Waals surface area contributed by atoms with Gasteiger partial charge in [0.25, 0.3) is 0 Å². The molecule has 1 aliphatic heterocycles. The third kappa shape index (κ3) is 1.12. The fraction of sp³-hybridized carbons (Fsp3) is 0.462. The van der Waals surface area contributed by atoms with Gasteiger partial charge in [-0.05, 0) is 29.9 Å². The molecule has 1 nitrogen and oxygen atoms in total. The molecule has 1 fully saturated rings. The van der Waals surface area contributed by atoms with E-state index in [-0.39, 0.29) is 0 Å². The van der Waals surface area contributed by atoms with E-state index in [1.807, 2.05) is 0 Å². The number of benzene rings is 1. The summed E-state index contributed by atoms with van der Waals surface area (Å²) in [6.07, 6.45) is 4.66. The van der Waals surface area contributed by atoms with Crippen molar-refractivity contribution in [1.29, 1.82) is 0 Å². The van der Waals surface area contributed by atoms with E-state index in [1.54, 1.807) is 0 Å². The van der Waals surface area contributed by atoms with Crippen LogP contribution in [0.4, 0.5) is 0 Å². The molecule has 0 spiro atoms. The maximum absolute atomic E-state index is 4.66. The summed E-state index contributed by atoms with van der Waals surface area (Å²) in [6, 6.07) is 9.27. The minimum Gasteiger partial charge on any atom is -0.289 e. The Kier molecular flexibility index (Phi) is 1.73. The van der Waals surface area contributed by atoms with Crippen molar-refractivity contribution in [2.24, 2.45) is 10.9 Å².